The van der Waals surface area contributed by atoms with Crippen molar-refractivity contribution in [3.05, 3.63) is 58.1 Å². The van der Waals surface area contributed by atoms with Gasteiger partial charge >= 0.3 is 0 Å². The van der Waals surface area contributed by atoms with Gasteiger partial charge in [-0.05, 0) is 75.5 Å². The maximum absolute atomic E-state index is 12.6. The number of allylic oxidation sites excluding steroid dienone is 1. The normalized spacial score (nSPS) is 22.8. The molecule has 6 nitrogen and oxygen atoms in total. The number of aromatic nitrogens is 2. The average Bonchev–Trinajstić information content (AvgIpc) is 2.82. The molecule has 0 saturated heterocycles. The first-order chi connectivity index (χ1) is 16.0. The maximum Gasteiger partial charge on any atom is 0.271 e. The van der Waals surface area contributed by atoms with Gasteiger partial charge in [0, 0.05) is 12.1 Å². The van der Waals surface area contributed by atoms with Crippen molar-refractivity contribution in [2.75, 3.05) is 0 Å². The summed E-state index contributed by atoms with van der Waals surface area (Å²) in [5, 5.41) is 12.5. The van der Waals surface area contributed by atoms with Crippen LogP contribution in [0.2, 0.25) is 5.02 Å². The van der Waals surface area contributed by atoms with E-state index in [4.69, 9.17) is 21.6 Å². The van der Waals surface area contributed by atoms with Crippen LogP contribution in [0.15, 0.2) is 36.2 Å². The third kappa shape index (κ3) is 6.33. The van der Waals surface area contributed by atoms with Crippen molar-refractivity contribution in [1.82, 2.24) is 15.3 Å². The van der Waals surface area contributed by atoms with Gasteiger partial charge in [-0.1, -0.05) is 24.1 Å². The number of nitrogens with one attached hydrogen (secondary N) is 1. The lowest BCUT2D eigenvalue weighted by molar-refractivity contribution is 0.0888. The van der Waals surface area contributed by atoms with Crippen LogP contribution in [-0.2, 0) is 0 Å². The molecule has 0 aliphatic heterocycles. The Morgan fingerprint density at radius 3 is 2.55 bits per heavy atom. The molecule has 0 bridgehead atoms. The van der Waals surface area contributed by atoms with Crippen LogP contribution in [0.3, 0.4) is 0 Å². The molecule has 1 amide bonds. The van der Waals surface area contributed by atoms with E-state index in [1.54, 1.807) is 30.6 Å². The summed E-state index contributed by atoms with van der Waals surface area (Å²) in [5.74, 6) is 1.28. The van der Waals surface area contributed by atoms with Gasteiger partial charge in [0.05, 0.1) is 34.8 Å². The molecule has 1 aromatic carbocycles. The van der Waals surface area contributed by atoms with Crippen LogP contribution in [0, 0.1) is 17.2 Å². The minimum Gasteiger partial charge on any atom is -0.490 e. The third-order valence-electron chi connectivity index (χ3n) is 6.55. The van der Waals surface area contributed by atoms with Gasteiger partial charge in [-0.15, -0.1) is 0 Å². The number of nitrogens with zero attached hydrogens (tertiary/aromatic N) is 3. The molecule has 0 radical (unpaired) electrons. The lowest BCUT2D eigenvalue weighted by Crippen LogP contribution is -2.40. The Balaban J connectivity index is 1.25. The van der Waals surface area contributed by atoms with Gasteiger partial charge in [0.2, 0.25) is 0 Å². The summed E-state index contributed by atoms with van der Waals surface area (Å²) >= 11 is 6.09. The van der Waals surface area contributed by atoms with Crippen molar-refractivity contribution >= 4 is 23.6 Å². The Morgan fingerprint density at radius 1 is 1.15 bits per heavy atom. The maximum atomic E-state index is 12.6. The molecule has 1 aromatic heterocycles. The molecule has 1 heterocycles. The number of hydrogen-bond acceptors (Lipinski definition) is 5. The number of ether oxygens (including phenoxy) is 1. The number of amides is 1. The highest BCUT2D eigenvalue weighted by Gasteiger charge is 2.24. The summed E-state index contributed by atoms with van der Waals surface area (Å²) in [6, 6.07) is 7.26. The molecule has 1 N–H and O–H groups in total. The molecule has 0 spiro atoms. The lowest BCUT2D eigenvalue weighted by Gasteiger charge is -2.29. The fraction of sp³-hybridized carbons (Fsp3) is 0.462. The Labute approximate surface area is 200 Å². The summed E-state index contributed by atoms with van der Waals surface area (Å²) in [6.45, 7) is 2.30. The molecule has 33 heavy (non-hydrogen) atoms. The van der Waals surface area contributed by atoms with Gasteiger partial charge in [0.25, 0.3) is 5.91 Å². The van der Waals surface area contributed by atoms with Crippen molar-refractivity contribution in [3.8, 4) is 11.8 Å². The first-order valence-corrected chi connectivity index (χ1v) is 12.1. The Bertz CT molecular complexity index is 1040. The van der Waals surface area contributed by atoms with Crippen LogP contribution < -0.4 is 10.1 Å². The number of benzene rings is 1. The number of halogens is 1. The fourth-order valence-electron chi connectivity index (χ4n) is 4.45. The van der Waals surface area contributed by atoms with E-state index in [0.717, 1.165) is 50.1 Å². The number of hydrogen-bond donors (Lipinski definition) is 1. The van der Waals surface area contributed by atoms with Crippen molar-refractivity contribution in [2.45, 2.75) is 70.4 Å². The van der Waals surface area contributed by atoms with Crippen molar-refractivity contribution in [1.29, 1.82) is 5.26 Å². The summed E-state index contributed by atoms with van der Waals surface area (Å²) < 4.78 is 6.02. The Morgan fingerprint density at radius 2 is 1.91 bits per heavy atom. The summed E-state index contributed by atoms with van der Waals surface area (Å²) in [6.07, 6.45) is 13.5. The van der Waals surface area contributed by atoms with Gasteiger partial charge in [-0.25, -0.2) is 4.98 Å². The zero-order valence-corrected chi connectivity index (χ0v) is 19.6. The van der Waals surface area contributed by atoms with E-state index in [1.165, 1.54) is 18.4 Å². The summed E-state index contributed by atoms with van der Waals surface area (Å²) in [7, 11) is 0. The predicted molar refractivity (Wildman–Crippen MR) is 128 cm³/mol. The van der Waals surface area contributed by atoms with Crippen molar-refractivity contribution < 1.29 is 9.53 Å². The van der Waals surface area contributed by atoms with E-state index in [2.05, 4.69) is 28.3 Å². The Hall–Kier alpha value is -2.91. The molecule has 0 atom stereocenters. The fourth-order valence-corrected chi connectivity index (χ4v) is 4.67. The van der Waals surface area contributed by atoms with E-state index in [-0.39, 0.29) is 18.1 Å². The molecule has 0 unspecified atom stereocenters. The first kappa shape index (κ1) is 23.3. The van der Waals surface area contributed by atoms with Gasteiger partial charge in [0.15, 0.2) is 0 Å². The van der Waals surface area contributed by atoms with Gasteiger partial charge in [0.1, 0.15) is 17.5 Å². The minimum absolute atomic E-state index is 0.0667. The zero-order valence-electron chi connectivity index (χ0n) is 18.9. The van der Waals surface area contributed by atoms with E-state index in [9.17, 15) is 4.79 Å². The molecule has 2 saturated carbocycles. The molecule has 4 rings (SSSR count). The number of carbonyl (C=O) groups excluding carboxylic acids is 1. The quantitative estimate of drug-likeness (QED) is 0.611. The van der Waals surface area contributed by atoms with Crippen LogP contribution in [0.4, 0.5) is 0 Å². The van der Waals surface area contributed by atoms with Gasteiger partial charge < -0.3 is 10.1 Å². The van der Waals surface area contributed by atoms with Gasteiger partial charge in [-0.2, -0.15) is 5.26 Å². The van der Waals surface area contributed by atoms with Crippen molar-refractivity contribution in [2.24, 2.45) is 5.92 Å². The number of nitriles is 1. The molecule has 2 aliphatic carbocycles. The number of carbonyl (C=O) groups is 1. The second-order valence-electron chi connectivity index (χ2n) is 9.13. The second-order valence-corrected chi connectivity index (χ2v) is 9.54. The highest BCUT2D eigenvalue weighted by molar-refractivity contribution is 6.31. The SMILES string of the molecule is CC1CCC(=Cc2cnc(C(=O)N[C@H]3CC[C@H](Oc4ccc(C#N)c(Cl)c4)CC3)cn2)CC1. The van der Waals surface area contributed by atoms with Gasteiger partial charge in [-0.3, -0.25) is 9.78 Å². The third-order valence-corrected chi connectivity index (χ3v) is 6.86. The van der Waals surface area contributed by atoms with Crippen LogP contribution >= 0.6 is 11.6 Å². The molecule has 7 heteroatoms. The summed E-state index contributed by atoms with van der Waals surface area (Å²) in [5.41, 5.74) is 3.02. The van der Waals surface area contributed by atoms with Crippen LogP contribution in [0.5, 0.6) is 5.75 Å². The lowest BCUT2D eigenvalue weighted by atomic mass is 9.87. The largest absolute Gasteiger partial charge is 0.490 e. The minimum atomic E-state index is -0.184. The smallest absolute Gasteiger partial charge is 0.271 e. The highest BCUT2D eigenvalue weighted by Crippen LogP contribution is 2.29. The molecule has 2 fully saturated rings. The van der Waals surface area contributed by atoms with E-state index in [0.29, 0.717) is 22.0 Å². The predicted octanol–water partition coefficient (Wildman–Crippen LogP) is 5.72. The van der Waals surface area contributed by atoms with Crippen molar-refractivity contribution in [3.63, 3.8) is 0 Å². The zero-order chi connectivity index (χ0) is 23.2. The summed E-state index contributed by atoms with van der Waals surface area (Å²) in [4.78, 5) is 21.4. The molecular weight excluding hydrogens is 436 g/mol. The first-order valence-electron chi connectivity index (χ1n) is 11.7. The highest BCUT2D eigenvalue weighted by atomic mass is 35.5. The second kappa shape index (κ2) is 10.8. The molecular formula is C26H29ClN4O2. The monoisotopic (exact) mass is 464 g/mol. The van der Waals surface area contributed by atoms with Crippen LogP contribution in [-0.4, -0.2) is 28.0 Å². The van der Waals surface area contributed by atoms with E-state index >= 15 is 0 Å². The number of rotatable bonds is 5. The molecule has 2 aliphatic rings. The van der Waals surface area contributed by atoms with Crippen LogP contribution in [0.25, 0.3) is 6.08 Å². The van der Waals surface area contributed by atoms with E-state index < -0.39 is 0 Å². The average molecular weight is 465 g/mol. The molecule has 2 aromatic rings. The van der Waals surface area contributed by atoms with Crippen LogP contribution in [0.1, 0.15) is 80.0 Å². The van der Waals surface area contributed by atoms with E-state index in [1.807, 2.05) is 6.07 Å². The standard InChI is InChI=1S/C26H29ClN4O2/c1-17-2-4-18(5-3-17)12-21-15-30-25(16-29-21)26(32)31-20-7-10-22(11-8-20)33-23-9-6-19(14-28)24(27)13-23/h6,9,12-13,15-17,20,22H,2-5,7-8,10-11H2,1H3,(H,31,32)/t17?,20-,22-. The topological polar surface area (TPSA) is 87.9 Å². The Kier molecular flexibility index (Phi) is 7.61. The molecule has 172 valence electrons.